The highest BCUT2D eigenvalue weighted by molar-refractivity contribution is 5.79. The van der Waals surface area contributed by atoms with Crippen LogP contribution in [0, 0.1) is 12.3 Å². The molecule has 2 heterocycles. The summed E-state index contributed by atoms with van der Waals surface area (Å²) in [7, 11) is 0. The molecule has 2 saturated heterocycles. The molecule has 0 aromatic rings. The van der Waals surface area contributed by atoms with Gasteiger partial charge in [-0.25, -0.2) is 0 Å². The van der Waals surface area contributed by atoms with E-state index in [1.807, 2.05) is 0 Å². The van der Waals surface area contributed by atoms with Gasteiger partial charge in [0.05, 0.1) is 6.54 Å². The van der Waals surface area contributed by atoms with Crippen LogP contribution >= 0.6 is 0 Å². The molecule has 0 radical (unpaired) electrons. The molecule has 4 heteroatoms. The molecule has 2 N–H and O–H groups in total. The minimum Gasteiger partial charge on any atom is -0.480 e. The van der Waals surface area contributed by atoms with Crippen molar-refractivity contribution >= 4 is 5.97 Å². The van der Waals surface area contributed by atoms with Crippen LogP contribution in [-0.2, 0) is 4.79 Å². The Balaban J connectivity index is 2.09. The summed E-state index contributed by atoms with van der Waals surface area (Å²) in [5.41, 5.74) is -0.794. The molecule has 0 saturated carbocycles. The summed E-state index contributed by atoms with van der Waals surface area (Å²) in [6, 6.07) is 0.426. The lowest BCUT2D eigenvalue weighted by atomic mass is 9.83. The number of carboxylic acids is 1. The predicted molar refractivity (Wildman–Crippen MR) is 61.0 cm³/mol. The Morgan fingerprint density at radius 3 is 3.12 bits per heavy atom. The van der Waals surface area contributed by atoms with E-state index < -0.39 is 11.5 Å². The lowest BCUT2D eigenvalue weighted by Gasteiger charge is -2.41. The highest BCUT2D eigenvalue weighted by Gasteiger charge is 2.46. The summed E-state index contributed by atoms with van der Waals surface area (Å²) >= 11 is 0. The van der Waals surface area contributed by atoms with Crippen molar-refractivity contribution in [1.82, 2.24) is 10.2 Å². The summed E-state index contributed by atoms with van der Waals surface area (Å²) in [6.45, 7) is 2.32. The molecule has 0 bridgehead atoms. The summed E-state index contributed by atoms with van der Waals surface area (Å²) in [4.78, 5) is 13.8. The van der Waals surface area contributed by atoms with Crippen molar-refractivity contribution in [3.63, 3.8) is 0 Å². The number of piperidine rings is 1. The zero-order valence-corrected chi connectivity index (χ0v) is 9.41. The van der Waals surface area contributed by atoms with Crippen LogP contribution in [0.5, 0.6) is 0 Å². The number of nitrogens with one attached hydrogen (secondary N) is 1. The van der Waals surface area contributed by atoms with E-state index >= 15 is 0 Å². The fourth-order valence-corrected chi connectivity index (χ4v) is 2.91. The lowest BCUT2D eigenvalue weighted by molar-refractivity contribution is -0.147. The van der Waals surface area contributed by atoms with Crippen molar-refractivity contribution in [2.24, 2.45) is 0 Å². The van der Waals surface area contributed by atoms with Gasteiger partial charge in [-0.2, -0.15) is 0 Å². The molecule has 0 aromatic heterocycles. The van der Waals surface area contributed by atoms with Crippen LogP contribution in [0.4, 0.5) is 0 Å². The summed E-state index contributed by atoms with van der Waals surface area (Å²) in [5, 5.41) is 12.4. The monoisotopic (exact) mass is 222 g/mol. The normalized spacial score (nSPS) is 34.3. The number of hydrogen-bond donors (Lipinski definition) is 2. The molecule has 2 atom stereocenters. The number of nitrogens with zero attached hydrogens (tertiary/aromatic N) is 1. The van der Waals surface area contributed by atoms with E-state index in [4.69, 9.17) is 6.42 Å². The van der Waals surface area contributed by atoms with Gasteiger partial charge in [0, 0.05) is 12.6 Å². The summed E-state index contributed by atoms with van der Waals surface area (Å²) in [5.74, 6) is 1.71. The van der Waals surface area contributed by atoms with Gasteiger partial charge in [-0.05, 0) is 32.2 Å². The zero-order chi connectivity index (χ0) is 11.6. The number of hydrogen-bond acceptors (Lipinski definition) is 3. The van der Waals surface area contributed by atoms with Crippen LogP contribution in [0.15, 0.2) is 0 Å². The van der Waals surface area contributed by atoms with Gasteiger partial charge in [-0.1, -0.05) is 5.92 Å². The van der Waals surface area contributed by atoms with E-state index in [-0.39, 0.29) is 0 Å². The molecule has 2 unspecified atom stereocenters. The van der Waals surface area contributed by atoms with E-state index in [1.165, 1.54) is 6.42 Å². The first-order valence-corrected chi connectivity index (χ1v) is 5.84. The fourth-order valence-electron chi connectivity index (χ4n) is 2.91. The van der Waals surface area contributed by atoms with E-state index in [0.717, 1.165) is 19.5 Å². The molecular weight excluding hydrogens is 204 g/mol. The second-order valence-electron chi connectivity index (χ2n) is 4.73. The zero-order valence-electron chi connectivity index (χ0n) is 9.41. The van der Waals surface area contributed by atoms with Crippen molar-refractivity contribution in [2.75, 3.05) is 19.6 Å². The second-order valence-corrected chi connectivity index (χ2v) is 4.73. The maximum Gasteiger partial charge on any atom is 0.324 e. The Kier molecular flexibility index (Phi) is 3.17. The van der Waals surface area contributed by atoms with Gasteiger partial charge >= 0.3 is 5.97 Å². The fraction of sp³-hybridized carbons (Fsp3) is 0.750. The quantitative estimate of drug-likeness (QED) is 0.674. The van der Waals surface area contributed by atoms with Crippen LogP contribution in [0.1, 0.15) is 25.7 Å². The molecule has 16 heavy (non-hydrogen) atoms. The average Bonchev–Trinajstić information content (AvgIpc) is 2.72. The molecule has 0 aliphatic carbocycles. The minimum absolute atomic E-state index is 0.332. The summed E-state index contributed by atoms with van der Waals surface area (Å²) < 4.78 is 0. The average molecular weight is 222 g/mol. The molecule has 2 aliphatic rings. The third-order valence-electron chi connectivity index (χ3n) is 3.85. The van der Waals surface area contributed by atoms with Gasteiger partial charge < -0.3 is 10.0 Å². The number of carboxylic acid groups (broad SMARTS) is 1. The Hall–Kier alpha value is -1.05. The predicted octanol–water partition coefficient (Wildman–Crippen LogP) is 0.291. The van der Waals surface area contributed by atoms with Crippen LogP contribution in [0.25, 0.3) is 0 Å². The molecule has 0 spiro atoms. The van der Waals surface area contributed by atoms with E-state index in [2.05, 4.69) is 16.1 Å². The first-order chi connectivity index (χ1) is 7.68. The third-order valence-corrected chi connectivity index (χ3v) is 3.85. The topological polar surface area (TPSA) is 52.6 Å². The number of terminal acetylenes is 1. The molecule has 2 fully saturated rings. The minimum atomic E-state index is -0.794. The van der Waals surface area contributed by atoms with E-state index in [1.54, 1.807) is 0 Å². The third kappa shape index (κ3) is 1.93. The highest BCUT2D eigenvalue weighted by atomic mass is 16.4. The Labute approximate surface area is 96.0 Å². The van der Waals surface area contributed by atoms with Crippen LogP contribution in [0.2, 0.25) is 0 Å². The number of carbonyl (C=O) groups is 1. The maximum atomic E-state index is 11.4. The molecule has 4 nitrogen and oxygen atoms in total. The smallest absolute Gasteiger partial charge is 0.324 e. The highest BCUT2D eigenvalue weighted by Crippen LogP contribution is 2.33. The largest absolute Gasteiger partial charge is 0.480 e. The molecule has 0 aromatic carbocycles. The van der Waals surface area contributed by atoms with Crippen molar-refractivity contribution in [3.05, 3.63) is 0 Å². The first-order valence-electron chi connectivity index (χ1n) is 5.84. The van der Waals surface area contributed by atoms with Crippen LogP contribution < -0.4 is 5.32 Å². The first kappa shape index (κ1) is 11.4. The lowest BCUT2D eigenvalue weighted by Crippen LogP contribution is -2.60. The Morgan fingerprint density at radius 1 is 1.62 bits per heavy atom. The molecule has 0 amide bonds. The molecular formula is C12H18N2O2. The molecule has 88 valence electrons. The van der Waals surface area contributed by atoms with Gasteiger partial charge in [-0.3, -0.25) is 10.1 Å². The van der Waals surface area contributed by atoms with Crippen LogP contribution in [0.3, 0.4) is 0 Å². The van der Waals surface area contributed by atoms with Gasteiger partial charge in [-0.15, -0.1) is 6.42 Å². The van der Waals surface area contributed by atoms with Crippen molar-refractivity contribution in [1.29, 1.82) is 0 Å². The molecule has 2 aliphatic heterocycles. The van der Waals surface area contributed by atoms with E-state index in [9.17, 15) is 9.90 Å². The standard InChI is InChI=1S/C12H18N2O2/c1-2-6-13-12(11(15)16)5-8-14-7-3-4-10(14)9-12/h1,10,13H,3-9H2,(H,15,16). The van der Waals surface area contributed by atoms with Crippen molar-refractivity contribution < 1.29 is 9.90 Å². The summed E-state index contributed by atoms with van der Waals surface area (Å²) in [6.07, 6.45) is 8.84. The van der Waals surface area contributed by atoms with E-state index in [0.29, 0.717) is 25.4 Å². The maximum absolute atomic E-state index is 11.4. The Bertz CT molecular complexity index is 323. The molecule has 2 rings (SSSR count). The Morgan fingerprint density at radius 2 is 2.44 bits per heavy atom. The van der Waals surface area contributed by atoms with Crippen LogP contribution in [-0.4, -0.2) is 47.2 Å². The SMILES string of the molecule is C#CCNC1(C(=O)O)CCN2CCCC2C1. The van der Waals surface area contributed by atoms with Gasteiger partial charge in [0.15, 0.2) is 0 Å². The second kappa shape index (κ2) is 4.44. The van der Waals surface area contributed by atoms with Gasteiger partial charge in [0.25, 0.3) is 0 Å². The number of fused-ring (bicyclic) bond motifs is 1. The number of aliphatic carboxylic acids is 1. The van der Waals surface area contributed by atoms with Crippen molar-refractivity contribution in [3.8, 4) is 12.3 Å². The van der Waals surface area contributed by atoms with Gasteiger partial charge in [0.1, 0.15) is 5.54 Å². The number of rotatable bonds is 3. The van der Waals surface area contributed by atoms with Crippen molar-refractivity contribution in [2.45, 2.75) is 37.3 Å². The van der Waals surface area contributed by atoms with Gasteiger partial charge in [0.2, 0.25) is 0 Å².